The molecule has 262 valence electrons. The van der Waals surface area contributed by atoms with Crippen molar-refractivity contribution < 1.29 is 29.4 Å². The number of fused-ring (bicyclic) bond motifs is 2. The molecule has 2 unspecified atom stereocenters. The van der Waals surface area contributed by atoms with Crippen molar-refractivity contribution in [1.82, 2.24) is 41.2 Å². The topological polar surface area (TPSA) is 214 Å². The van der Waals surface area contributed by atoms with Gasteiger partial charge >= 0.3 is 12.2 Å². The zero-order valence-electron chi connectivity index (χ0n) is 28.0. The molecule has 8 N–H and O–H groups in total. The molecule has 2 heterocycles. The van der Waals surface area contributed by atoms with E-state index >= 15 is 0 Å². The smallest absolute Gasteiger partial charge is 0.405 e. The van der Waals surface area contributed by atoms with E-state index in [1.54, 1.807) is 74.5 Å². The van der Waals surface area contributed by atoms with E-state index in [4.69, 9.17) is 0 Å². The van der Waals surface area contributed by atoms with E-state index in [-0.39, 0.29) is 0 Å². The van der Waals surface area contributed by atoms with Gasteiger partial charge in [0.2, 0.25) is 11.8 Å². The first-order valence-corrected chi connectivity index (χ1v) is 16.2. The highest BCUT2D eigenvalue weighted by atomic mass is 16.4. The highest BCUT2D eigenvalue weighted by Crippen LogP contribution is 2.22. The number of benzene rings is 4. The van der Waals surface area contributed by atoms with Gasteiger partial charge in [-0.15, -0.1) is 0 Å². The first-order chi connectivity index (χ1) is 25.0. The lowest BCUT2D eigenvalue weighted by atomic mass is 10.1. The number of aromatic amines is 2. The van der Waals surface area contributed by atoms with Crippen molar-refractivity contribution in [3.05, 3.63) is 131 Å². The van der Waals surface area contributed by atoms with E-state index in [0.717, 1.165) is 11.1 Å². The number of carbonyl (C=O) groups is 4. The van der Waals surface area contributed by atoms with Crippen molar-refractivity contribution in [1.29, 1.82) is 0 Å². The van der Waals surface area contributed by atoms with Gasteiger partial charge in [-0.1, -0.05) is 72.5 Å². The molecule has 0 bridgehead atoms. The predicted molar refractivity (Wildman–Crippen MR) is 192 cm³/mol. The van der Waals surface area contributed by atoms with Gasteiger partial charge in [0.15, 0.2) is 0 Å². The van der Waals surface area contributed by atoms with Crippen LogP contribution < -0.4 is 21.3 Å². The second kappa shape index (κ2) is 15.2. The fraction of sp³-hybridized carbons (Fsp3) is 0.158. The SMILES string of the molecule is CC(NC(=O)[C@@H](NC(=O)O)c1ccccc1)c1nc2ccc(C#Cc3ccc4nc(C(C)NC(=O)[C@@H](NC(=O)O)c5ccccc5)[nH]c4c3)cc2[nH]1. The van der Waals surface area contributed by atoms with Crippen molar-refractivity contribution in [2.24, 2.45) is 0 Å². The quantitative estimate of drug-likeness (QED) is 0.0887. The van der Waals surface area contributed by atoms with Crippen molar-refractivity contribution in [3.63, 3.8) is 0 Å². The summed E-state index contributed by atoms with van der Waals surface area (Å²) in [6, 6.07) is 24.9. The highest BCUT2D eigenvalue weighted by Gasteiger charge is 2.26. The Morgan fingerprint density at radius 2 is 0.962 bits per heavy atom. The Labute approximate surface area is 297 Å². The number of aromatic nitrogens is 4. The Morgan fingerprint density at radius 3 is 1.33 bits per heavy atom. The Morgan fingerprint density at radius 1 is 0.577 bits per heavy atom. The lowest BCUT2D eigenvalue weighted by molar-refractivity contribution is -0.124. The summed E-state index contributed by atoms with van der Waals surface area (Å²) in [7, 11) is 0. The average molecular weight is 699 g/mol. The second-order valence-corrected chi connectivity index (χ2v) is 12.0. The molecule has 52 heavy (non-hydrogen) atoms. The van der Waals surface area contributed by atoms with Crippen LogP contribution in [0.25, 0.3) is 22.1 Å². The second-order valence-electron chi connectivity index (χ2n) is 12.0. The summed E-state index contributed by atoms with van der Waals surface area (Å²) >= 11 is 0. The van der Waals surface area contributed by atoms with Crippen LogP contribution in [0.15, 0.2) is 97.1 Å². The van der Waals surface area contributed by atoms with Crippen LogP contribution in [0, 0.1) is 11.8 Å². The number of nitrogens with zero attached hydrogens (tertiary/aromatic N) is 2. The van der Waals surface area contributed by atoms with Crippen LogP contribution in [0.4, 0.5) is 9.59 Å². The molecular formula is C38H34N8O6. The summed E-state index contributed by atoms with van der Waals surface area (Å²) in [6.07, 6.45) is -2.63. The Hall–Kier alpha value is -7.14. The zero-order valence-corrected chi connectivity index (χ0v) is 28.0. The molecule has 6 aromatic rings. The van der Waals surface area contributed by atoms with Gasteiger partial charge in [0.1, 0.15) is 23.7 Å². The van der Waals surface area contributed by atoms with E-state index in [9.17, 15) is 29.4 Å². The number of amides is 4. The van der Waals surface area contributed by atoms with E-state index in [0.29, 0.717) is 44.8 Å². The van der Waals surface area contributed by atoms with Crippen LogP contribution in [-0.2, 0) is 9.59 Å². The maximum atomic E-state index is 13.1. The number of imidazole rings is 2. The van der Waals surface area contributed by atoms with E-state index in [2.05, 4.69) is 53.0 Å². The fourth-order valence-corrected chi connectivity index (χ4v) is 5.64. The molecule has 0 spiro atoms. The van der Waals surface area contributed by atoms with Gasteiger partial charge in [-0.2, -0.15) is 0 Å². The summed E-state index contributed by atoms with van der Waals surface area (Å²) < 4.78 is 0. The zero-order chi connectivity index (χ0) is 36.8. The van der Waals surface area contributed by atoms with Crippen LogP contribution in [0.1, 0.15) is 71.9 Å². The molecule has 0 aliphatic rings. The van der Waals surface area contributed by atoms with E-state index < -0.39 is 48.2 Å². The van der Waals surface area contributed by atoms with Crippen molar-refractivity contribution in [2.45, 2.75) is 38.0 Å². The molecule has 0 aliphatic carbocycles. The molecule has 4 aromatic carbocycles. The molecule has 0 saturated carbocycles. The van der Waals surface area contributed by atoms with Gasteiger partial charge < -0.3 is 41.4 Å². The van der Waals surface area contributed by atoms with Gasteiger partial charge in [0.05, 0.1) is 34.2 Å². The van der Waals surface area contributed by atoms with Crippen molar-refractivity contribution >= 4 is 46.1 Å². The molecule has 14 nitrogen and oxygen atoms in total. The lowest BCUT2D eigenvalue weighted by Gasteiger charge is -2.19. The molecule has 2 aromatic heterocycles. The van der Waals surface area contributed by atoms with Gasteiger partial charge in [-0.3, -0.25) is 9.59 Å². The maximum Gasteiger partial charge on any atom is 0.405 e. The third kappa shape index (κ3) is 8.17. The summed E-state index contributed by atoms with van der Waals surface area (Å²) in [6.45, 7) is 3.51. The summed E-state index contributed by atoms with van der Waals surface area (Å²) in [5.74, 6) is 6.28. The molecular weight excluding hydrogens is 664 g/mol. The summed E-state index contributed by atoms with van der Waals surface area (Å²) in [5, 5.41) is 28.8. The van der Waals surface area contributed by atoms with E-state index in [1.807, 2.05) is 36.4 Å². The predicted octanol–water partition coefficient (Wildman–Crippen LogP) is 5.21. The summed E-state index contributed by atoms with van der Waals surface area (Å²) in [4.78, 5) is 64.6. The van der Waals surface area contributed by atoms with Gasteiger partial charge in [-0.25, -0.2) is 19.6 Å². The minimum atomic E-state index is -1.31. The van der Waals surface area contributed by atoms with Crippen molar-refractivity contribution in [2.75, 3.05) is 0 Å². The van der Waals surface area contributed by atoms with Crippen LogP contribution >= 0.6 is 0 Å². The van der Waals surface area contributed by atoms with Crippen LogP contribution in [0.2, 0.25) is 0 Å². The number of nitrogens with one attached hydrogen (secondary N) is 6. The molecule has 6 rings (SSSR count). The Bertz CT molecular complexity index is 2170. The largest absolute Gasteiger partial charge is 0.465 e. The molecule has 0 aliphatic heterocycles. The van der Waals surface area contributed by atoms with Gasteiger partial charge in [-0.05, 0) is 61.4 Å². The standard InChI is InChI=1S/C38H34N8O6/c1-21(39-35(47)31(45-37(49)50)25-9-5-3-6-10-25)33-41-27-17-15-23(19-29(27)43-33)13-14-24-16-18-28-30(20-24)44-34(42-28)22(2)40-36(48)32(46-38(51)52)26-11-7-4-8-12-26/h3-12,15-22,31-32,45-46H,1-2H3,(H,39,47)(H,40,48)(H,41,43)(H,42,44)(H,49,50)(H,51,52)/t21?,22?,31-,32-/m0/s1. The van der Waals surface area contributed by atoms with Crippen LogP contribution in [-0.4, -0.2) is 54.1 Å². The molecule has 0 saturated heterocycles. The first-order valence-electron chi connectivity index (χ1n) is 16.2. The molecule has 0 fully saturated rings. The third-order valence-electron chi connectivity index (χ3n) is 8.22. The van der Waals surface area contributed by atoms with Crippen molar-refractivity contribution in [3.8, 4) is 11.8 Å². The monoisotopic (exact) mass is 698 g/mol. The van der Waals surface area contributed by atoms with Gasteiger partial charge in [0.25, 0.3) is 0 Å². The van der Waals surface area contributed by atoms with Crippen LogP contribution in [0.3, 0.4) is 0 Å². The van der Waals surface area contributed by atoms with Gasteiger partial charge in [0, 0.05) is 11.1 Å². The Balaban J connectivity index is 1.13. The minimum absolute atomic E-state index is 0.496. The average Bonchev–Trinajstić information content (AvgIpc) is 3.77. The van der Waals surface area contributed by atoms with E-state index in [1.165, 1.54) is 0 Å². The number of carboxylic acid groups (broad SMARTS) is 2. The lowest BCUT2D eigenvalue weighted by Crippen LogP contribution is -2.40. The minimum Gasteiger partial charge on any atom is -0.465 e. The first kappa shape index (κ1) is 34.7. The fourth-order valence-electron chi connectivity index (χ4n) is 5.64. The number of H-pyrrole nitrogens is 2. The van der Waals surface area contributed by atoms with Crippen LogP contribution in [0.5, 0.6) is 0 Å². The Kier molecular flexibility index (Phi) is 10.1. The number of rotatable bonds is 10. The molecule has 4 atom stereocenters. The number of hydrogen-bond acceptors (Lipinski definition) is 6. The molecule has 4 amide bonds. The number of hydrogen-bond donors (Lipinski definition) is 8. The number of carbonyl (C=O) groups excluding carboxylic acids is 2. The third-order valence-corrected chi connectivity index (χ3v) is 8.22. The summed E-state index contributed by atoms with van der Waals surface area (Å²) in [5.41, 5.74) is 5.23. The highest BCUT2D eigenvalue weighted by molar-refractivity contribution is 5.88. The molecule has 14 heteroatoms. The maximum absolute atomic E-state index is 13.1. The normalized spacial score (nSPS) is 13.2. The molecule has 0 radical (unpaired) electrons.